The van der Waals surface area contributed by atoms with Crippen LogP contribution in [-0.2, 0) is 9.53 Å². The molecule has 0 radical (unpaired) electrons. The van der Waals surface area contributed by atoms with Crippen molar-refractivity contribution in [2.75, 3.05) is 13.2 Å². The van der Waals surface area contributed by atoms with E-state index in [1.807, 2.05) is 6.92 Å². The molecule has 1 unspecified atom stereocenters. The van der Waals surface area contributed by atoms with Crippen molar-refractivity contribution in [3.8, 4) is 5.75 Å². The van der Waals surface area contributed by atoms with Crippen molar-refractivity contribution in [2.45, 2.75) is 45.1 Å². The quantitative estimate of drug-likeness (QED) is 0.790. The summed E-state index contributed by atoms with van der Waals surface area (Å²) in [6.07, 6.45) is 7.40. The molecule has 3 rings (SSSR count). The fourth-order valence-electron chi connectivity index (χ4n) is 3.59. The lowest BCUT2D eigenvalue weighted by atomic mass is 9.90. The second kappa shape index (κ2) is 8.25. The number of hydrogen-bond acceptors (Lipinski definition) is 4. The summed E-state index contributed by atoms with van der Waals surface area (Å²) in [4.78, 5) is 26.4. The fraction of sp³-hybridized carbons (Fsp3) is 0.500. The molecule has 6 nitrogen and oxygen atoms in total. The largest absolute Gasteiger partial charge is 0.508 e. The summed E-state index contributed by atoms with van der Waals surface area (Å²) >= 11 is 0. The fourth-order valence-corrected chi connectivity index (χ4v) is 3.59. The van der Waals surface area contributed by atoms with Gasteiger partial charge in [0.15, 0.2) is 0 Å². The predicted molar refractivity (Wildman–Crippen MR) is 97.4 cm³/mol. The highest BCUT2D eigenvalue weighted by molar-refractivity contribution is 5.93. The first kappa shape index (κ1) is 18.3. The molecule has 1 heterocycles. The molecule has 1 atom stereocenters. The van der Waals surface area contributed by atoms with Gasteiger partial charge in [-0.2, -0.15) is 0 Å². The molecule has 0 aromatic heterocycles. The van der Waals surface area contributed by atoms with Gasteiger partial charge in [0.1, 0.15) is 5.75 Å². The molecule has 1 aliphatic carbocycles. The number of benzene rings is 1. The van der Waals surface area contributed by atoms with Gasteiger partial charge in [0.25, 0.3) is 0 Å². The van der Waals surface area contributed by atoms with Gasteiger partial charge in [-0.05, 0) is 43.4 Å². The van der Waals surface area contributed by atoms with E-state index in [1.54, 1.807) is 30.5 Å². The van der Waals surface area contributed by atoms with Crippen LogP contribution in [0.4, 0.5) is 4.79 Å². The first-order valence-electron chi connectivity index (χ1n) is 9.33. The van der Waals surface area contributed by atoms with Gasteiger partial charge in [-0.15, -0.1) is 0 Å². The molecule has 0 bridgehead atoms. The van der Waals surface area contributed by atoms with Crippen LogP contribution in [0.2, 0.25) is 0 Å². The number of phenolic OH excluding ortho intramolecular Hbond substituents is 1. The zero-order valence-electron chi connectivity index (χ0n) is 15.1. The lowest BCUT2D eigenvalue weighted by molar-refractivity contribution is -0.141. The molecule has 0 saturated heterocycles. The predicted octanol–water partition coefficient (Wildman–Crippen LogP) is 3.49. The number of amides is 2. The van der Waals surface area contributed by atoms with Crippen LogP contribution in [0.1, 0.15) is 50.6 Å². The van der Waals surface area contributed by atoms with Crippen molar-refractivity contribution in [3.63, 3.8) is 0 Å². The van der Waals surface area contributed by atoms with Gasteiger partial charge in [-0.3, -0.25) is 0 Å². The van der Waals surface area contributed by atoms with Gasteiger partial charge >= 0.3 is 12.0 Å². The Bertz CT molecular complexity index is 695. The van der Waals surface area contributed by atoms with E-state index >= 15 is 0 Å². The van der Waals surface area contributed by atoms with E-state index in [2.05, 4.69) is 5.32 Å². The zero-order chi connectivity index (χ0) is 18.5. The van der Waals surface area contributed by atoms with Crippen LogP contribution < -0.4 is 5.32 Å². The molecule has 0 spiro atoms. The van der Waals surface area contributed by atoms with Gasteiger partial charge < -0.3 is 20.1 Å². The number of ether oxygens (including phenoxy) is 1. The monoisotopic (exact) mass is 358 g/mol. The SMILES string of the molecule is CCN1C=C(C(=O)OCC2CCCCC2)C(c2cccc(O)c2)NC1=O. The van der Waals surface area contributed by atoms with Crippen molar-refractivity contribution in [3.05, 3.63) is 41.6 Å². The van der Waals surface area contributed by atoms with Crippen molar-refractivity contribution in [1.82, 2.24) is 10.2 Å². The average Bonchev–Trinajstić information content (AvgIpc) is 2.66. The van der Waals surface area contributed by atoms with E-state index in [-0.39, 0.29) is 11.8 Å². The Morgan fingerprint density at radius 1 is 1.31 bits per heavy atom. The Labute approximate surface area is 153 Å². The highest BCUT2D eigenvalue weighted by Crippen LogP contribution is 2.30. The number of carbonyl (C=O) groups is 2. The third-order valence-corrected chi connectivity index (χ3v) is 5.09. The van der Waals surface area contributed by atoms with Crippen molar-refractivity contribution in [2.24, 2.45) is 5.92 Å². The molecule has 1 saturated carbocycles. The summed E-state index contributed by atoms with van der Waals surface area (Å²) in [6, 6.07) is 5.66. The minimum absolute atomic E-state index is 0.0876. The van der Waals surface area contributed by atoms with Crippen LogP contribution >= 0.6 is 0 Å². The highest BCUT2D eigenvalue weighted by Gasteiger charge is 2.32. The first-order chi connectivity index (χ1) is 12.6. The van der Waals surface area contributed by atoms with E-state index in [1.165, 1.54) is 24.2 Å². The molecule has 6 heteroatoms. The third-order valence-electron chi connectivity index (χ3n) is 5.09. The van der Waals surface area contributed by atoms with E-state index in [0.717, 1.165) is 12.8 Å². The molecule has 1 aliphatic heterocycles. The molecule has 140 valence electrons. The highest BCUT2D eigenvalue weighted by atomic mass is 16.5. The summed E-state index contributed by atoms with van der Waals surface area (Å²) in [7, 11) is 0. The normalized spacial score (nSPS) is 21.1. The minimum atomic E-state index is -0.628. The first-order valence-corrected chi connectivity index (χ1v) is 9.33. The number of urea groups is 1. The maximum Gasteiger partial charge on any atom is 0.337 e. The maximum atomic E-state index is 12.7. The van der Waals surface area contributed by atoms with Gasteiger partial charge in [0, 0.05) is 12.7 Å². The maximum absolute atomic E-state index is 12.7. The van der Waals surface area contributed by atoms with Crippen LogP contribution in [0, 0.1) is 5.92 Å². The third kappa shape index (κ3) is 4.18. The average molecular weight is 358 g/mol. The molecule has 1 aromatic rings. The molecular formula is C20H26N2O4. The van der Waals surface area contributed by atoms with Crippen molar-refractivity contribution >= 4 is 12.0 Å². The summed E-state index contributed by atoms with van der Waals surface area (Å²) in [6.45, 7) is 2.72. The molecule has 1 fully saturated rings. The van der Waals surface area contributed by atoms with E-state index in [9.17, 15) is 14.7 Å². The van der Waals surface area contributed by atoms with Gasteiger partial charge in [0.2, 0.25) is 0 Å². The number of nitrogens with zero attached hydrogens (tertiary/aromatic N) is 1. The second-order valence-corrected chi connectivity index (χ2v) is 6.95. The summed E-state index contributed by atoms with van der Waals surface area (Å²) in [5.74, 6) is 0.0972. The molecule has 2 aliphatic rings. The van der Waals surface area contributed by atoms with E-state index in [4.69, 9.17) is 4.74 Å². The van der Waals surface area contributed by atoms with Gasteiger partial charge in [0.05, 0.1) is 18.2 Å². The Morgan fingerprint density at radius 3 is 2.77 bits per heavy atom. The number of carbonyl (C=O) groups excluding carboxylic acids is 2. The molecule has 1 aromatic carbocycles. The second-order valence-electron chi connectivity index (χ2n) is 6.95. The van der Waals surface area contributed by atoms with E-state index in [0.29, 0.717) is 30.2 Å². The smallest absolute Gasteiger partial charge is 0.337 e. The molecule has 26 heavy (non-hydrogen) atoms. The van der Waals surface area contributed by atoms with Crippen LogP contribution in [0.3, 0.4) is 0 Å². The Balaban J connectivity index is 1.78. The number of phenols is 1. The summed E-state index contributed by atoms with van der Waals surface area (Å²) in [5, 5.41) is 12.6. The lowest BCUT2D eigenvalue weighted by Gasteiger charge is -2.31. The van der Waals surface area contributed by atoms with Crippen molar-refractivity contribution in [1.29, 1.82) is 0 Å². The summed E-state index contributed by atoms with van der Waals surface area (Å²) in [5.41, 5.74) is 1.03. The van der Waals surface area contributed by atoms with Gasteiger partial charge in [-0.25, -0.2) is 9.59 Å². The van der Waals surface area contributed by atoms with Crippen LogP contribution in [0.25, 0.3) is 0 Å². The Hall–Kier alpha value is -2.50. The molecule has 2 amide bonds. The van der Waals surface area contributed by atoms with Crippen LogP contribution in [-0.4, -0.2) is 35.2 Å². The number of rotatable bonds is 5. The van der Waals surface area contributed by atoms with Crippen molar-refractivity contribution < 1.29 is 19.4 Å². The standard InChI is InChI=1S/C20H26N2O4/c1-2-22-12-17(19(24)26-13-14-7-4-3-5-8-14)18(21-20(22)25)15-9-6-10-16(23)11-15/h6,9-12,14,18,23H,2-5,7-8,13H2,1H3,(H,21,25). The van der Waals surface area contributed by atoms with Gasteiger partial charge in [-0.1, -0.05) is 31.4 Å². The van der Waals surface area contributed by atoms with Crippen LogP contribution in [0.5, 0.6) is 5.75 Å². The number of nitrogens with one attached hydrogen (secondary N) is 1. The summed E-state index contributed by atoms with van der Waals surface area (Å²) < 4.78 is 5.58. The topological polar surface area (TPSA) is 78.9 Å². The molecule has 2 N–H and O–H groups in total. The van der Waals surface area contributed by atoms with Crippen LogP contribution in [0.15, 0.2) is 36.0 Å². The number of hydrogen-bond donors (Lipinski definition) is 2. The van der Waals surface area contributed by atoms with E-state index < -0.39 is 12.0 Å². The molecular weight excluding hydrogens is 332 g/mol. The number of esters is 1. The Morgan fingerprint density at radius 2 is 2.08 bits per heavy atom. The minimum Gasteiger partial charge on any atom is -0.508 e. The lowest BCUT2D eigenvalue weighted by Crippen LogP contribution is -2.45. The zero-order valence-corrected chi connectivity index (χ0v) is 15.1. The Kier molecular flexibility index (Phi) is 5.81. The number of aromatic hydroxyl groups is 1.